The quantitative estimate of drug-likeness (QED) is 0.708. The highest BCUT2D eigenvalue weighted by molar-refractivity contribution is 9.09. The minimum absolute atomic E-state index is 0.678. The van der Waals surface area contributed by atoms with Crippen molar-refractivity contribution in [3.63, 3.8) is 0 Å². The summed E-state index contributed by atoms with van der Waals surface area (Å²) in [6, 6.07) is 8.89. The van der Waals surface area contributed by atoms with Crippen molar-refractivity contribution in [2.75, 3.05) is 0 Å². The van der Waals surface area contributed by atoms with Crippen LogP contribution in [0.25, 0.3) is 0 Å². The lowest BCUT2D eigenvalue weighted by atomic mass is 10.1. The van der Waals surface area contributed by atoms with Crippen molar-refractivity contribution in [3.8, 4) is 0 Å². The van der Waals surface area contributed by atoms with E-state index in [1.165, 1.54) is 36.8 Å². The van der Waals surface area contributed by atoms with E-state index in [1.807, 2.05) is 0 Å². The lowest BCUT2D eigenvalue weighted by Crippen LogP contribution is -2.03. The fraction of sp³-hybridized carbons (Fsp3) is 0.538. The molecule has 0 saturated heterocycles. The summed E-state index contributed by atoms with van der Waals surface area (Å²) in [4.78, 5) is 0.678. The van der Waals surface area contributed by atoms with Crippen molar-refractivity contribution in [3.05, 3.63) is 35.4 Å². The van der Waals surface area contributed by atoms with Crippen molar-refractivity contribution in [2.24, 2.45) is 5.92 Å². The number of halogens is 1. The second kappa shape index (κ2) is 4.48. The van der Waals surface area contributed by atoms with Crippen LogP contribution in [-0.4, -0.2) is 4.83 Å². The van der Waals surface area contributed by atoms with Crippen molar-refractivity contribution in [1.29, 1.82) is 0 Å². The maximum Gasteiger partial charge on any atom is 0.0188 e. The van der Waals surface area contributed by atoms with Gasteiger partial charge in [0.15, 0.2) is 0 Å². The second-order valence-corrected chi connectivity index (χ2v) is 5.76. The molecule has 1 aliphatic rings. The standard InChI is InChI=1S/C13H17Br/c1-10-2-4-11(5-3-10)8-13(14)9-12-6-7-12/h2-5,12-13H,6-9H2,1H3. The summed E-state index contributed by atoms with van der Waals surface area (Å²) >= 11 is 3.77. The molecule has 0 spiro atoms. The molecule has 1 heteroatoms. The molecular formula is C13H17Br. The van der Waals surface area contributed by atoms with E-state index in [0.717, 1.165) is 5.92 Å². The summed E-state index contributed by atoms with van der Waals surface area (Å²) in [5.41, 5.74) is 2.81. The number of aryl methyl sites for hydroxylation is 1. The highest BCUT2D eigenvalue weighted by atomic mass is 79.9. The molecule has 1 unspecified atom stereocenters. The Morgan fingerprint density at radius 2 is 1.93 bits per heavy atom. The lowest BCUT2D eigenvalue weighted by Gasteiger charge is -2.08. The van der Waals surface area contributed by atoms with Gasteiger partial charge in [0.05, 0.1) is 0 Å². The third-order valence-electron chi connectivity index (χ3n) is 2.86. The van der Waals surface area contributed by atoms with E-state index < -0.39 is 0 Å². The van der Waals surface area contributed by atoms with E-state index >= 15 is 0 Å². The summed E-state index contributed by atoms with van der Waals surface area (Å²) in [5, 5.41) is 0. The SMILES string of the molecule is Cc1ccc(CC(Br)CC2CC2)cc1. The van der Waals surface area contributed by atoms with E-state index in [9.17, 15) is 0 Å². The van der Waals surface area contributed by atoms with Crippen LogP contribution in [-0.2, 0) is 6.42 Å². The van der Waals surface area contributed by atoms with Gasteiger partial charge in [-0.25, -0.2) is 0 Å². The van der Waals surface area contributed by atoms with Crippen LogP contribution in [0.4, 0.5) is 0 Å². The largest absolute Gasteiger partial charge is 0.0887 e. The van der Waals surface area contributed by atoms with Gasteiger partial charge in [-0.2, -0.15) is 0 Å². The first-order chi connectivity index (χ1) is 6.74. The van der Waals surface area contributed by atoms with Crippen LogP contribution in [0, 0.1) is 12.8 Å². The zero-order valence-corrected chi connectivity index (χ0v) is 10.3. The topological polar surface area (TPSA) is 0 Å². The maximum absolute atomic E-state index is 3.77. The minimum Gasteiger partial charge on any atom is -0.0887 e. The molecule has 1 fully saturated rings. The molecule has 0 N–H and O–H groups in total. The number of alkyl halides is 1. The molecule has 0 amide bonds. The highest BCUT2D eigenvalue weighted by Crippen LogP contribution is 2.36. The van der Waals surface area contributed by atoms with Crippen LogP contribution in [0.15, 0.2) is 24.3 Å². The van der Waals surface area contributed by atoms with Crippen LogP contribution < -0.4 is 0 Å². The van der Waals surface area contributed by atoms with E-state index in [4.69, 9.17) is 0 Å². The number of hydrogen-bond donors (Lipinski definition) is 0. The number of hydrogen-bond acceptors (Lipinski definition) is 0. The Labute approximate surface area is 94.8 Å². The molecule has 2 rings (SSSR count). The van der Waals surface area contributed by atoms with Gasteiger partial charge in [-0.15, -0.1) is 0 Å². The zero-order valence-electron chi connectivity index (χ0n) is 8.67. The van der Waals surface area contributed by atoms with Crippen molar-refractivity contribution >= 4 is 15.9 Å². The van der Waals surface area contributed by atoms with Gasteiger partial charge in [-0.05, 0) is 31.2 Å². The van der Waals surface area contributed by atoms with E-state index in [0.29, 0.717) is 4.83 Å². The van der Waals surface area contributed by atoms with Crippen LogP contribution in [0.5, 0.6) is 0 Å². The summed E-state index contributed by atoms with van der Waals surface area (Å²) in [6.45, 7) is 2.14. The third-order valence-corrected chi connectivity index (χ3v) is 3.56. The lowest BCUT2D eigenvalue weighted by molar-refractivity contribution is 0.690. The molecule has 0 bridgehead atoms. The van der Waals surface area contributed by atoms with Crippen molar-refractivity contribution < 1.29 is 0 Å². The number of benzene rings is 1. The molecule has 14 heavy (non-hydrogen) atoms. The van der Waals surface area contributed by atoms with E-state index in [1.54, 1.807) is 0 Å². The fourth-order valence-corrected chi connectivity index (χ4v) is 2.68. The predicted octanol–water partition coefficient (Wildman–Crippen LogP) is 4.10. The van der Waals surface area contributed by atoms with Gasteiger partial charge in [-0.1, -0.05) is 58.6 Å². The second-order valence-electron chi connectivity index (χ2n) is 4.47. The minimum atomic E-state index is 0.678. The zero-order chi connectivity index (χ0) is 9.97. The summed E-state index contributed by atoms with van der Waals surface area (Å²) in [6.07, 6.45) is 5.44. The van der Waals surface area contributed by atoms with Crippen LogP contribution in [0.3, 0.4) is 0 Å². The van der Waals surface area contributed by atoms with E-state index in [2.05, 4.69) is 47.1 Å². The Bertz CT molecular complexity index is 285. The average molecular weight is 253 g/mol. The smallest absolute Gasteiger partial charge is 0.0188 e. The van der Waals surface area contributed by atoms with Gasteiger partial charge in [0, 0.05) is 4.83 Å². The average Bonchev–Trinajstić information content (AvgIpc) is 2.93. The molecule has 0 aliphatic heterocycles. The van der Waals surface area contributed by atoms with Gasteiger partial charge in [0.2, 0.25) is 0 Å². The Hall–Kier alpha value is -0.300. The van der Waals surface area contributed by atoms with Gasteiger partial charge < -0.3 is 0 Å². The first-order valence-corrected chi connectivity index (χ1v) is 6.35. The molecule has 0 radical (unpaired) electrons. The van der Waals surface area contributed by atoms with Crippen LogP contribution in [0.2, 0.25) is 0 Å². The monoisotopic (exact) mass is 252 g/mol. The van der Waals surface area contributed by atoms with Gasteiger partial charge in [0.25, 0.3) is 0 Å². The van der Waals surface area contributed by atoms with Crippen LogP contribution in [0.1, 0.15) is 30.4 Å². The molecule has 1 aromatic rings. The molecule has 76 valence electrons. The normalized spacial score (nSPS) is 18.1. The van der Waals surface area contributed by atoms with Crippen molar-refractivity contribution in [2.45, 2.75) is 37.4 Å². The highest BCUT2D eigenvalue weighted by Gasteiger charge is 2.24. The fourth-order valence-electron chi connectivity index (χ4n) is 1.78. The molecule has 1 saturated carbocycles. The summed E-state index contributed by atoms with van der Waals surface area (Å²) < 4.78 is 0. The Kier molecular flexibility index (Phi) is 3.27. The molecular weight excluding hydrogens is 236 g/mol. The Morgan fingerprint density at radius 3 is 2.50 bits per heavy atom. The molecule has 0 heterocycles. The molecule has 0 aromatic heterocycles. The third kappa shape index (κ3) is 3.13. The molecule has 1 aliphatic carbocycles. The van der Waals surface area contributed by atoms with Gasteiger partial charge in [0.1, 0.15) is 0 Å². The summed E-state index contributed by atoms with van der Waals surface area (Å²) in [7, 11) is 0. The first-order valence-electron chi connectivity index (χ1n) is 5.43. The Morgan fingerprint density at radius 1 is 1.29 bits per heavy atom. The van der Waals surface area contributed by atoms with Gasteiger partial charge in [-0.3, -0.25) is 0 Å². The molecule has 1 atom stereocenters. The number of rotatable bonds is 4. The Balaban J connectivity index is 1.85. The summed E-state index contributed by atoms with van der Waals surface area (Å²) in [5.74, 6) is 1.02. The first kappa shape index (κ1) is 10.2. The predicted molar refractivity (Wildman–Crippen MR) is 64.9 cm³/mol. The maximum atomic E-state index is 3.77. The van der Waals surface area contributed by atoms with Crippen LogP contribution >= 0.6 is 15.9 Å². The van der Waals surface area contributed by atoms with Crippen molar-refractivity contribution in [1.82, 2.24) is 0 Å². The molecule has 1 aromatic carbocycles. The van der Waals surface area contributed by atoms with E-state index in [-0.39, 0.29) is 0 Å². The molecule has 0 nitrogen and oxygen atoms in total. The van der Waals surface area contributed by atoms with Gasteiger partial charge >= 0.3 is 0 Å².